The molecule has 3 nitrogen and oxygen atoms in total. The second-order valence-electron chi connectivity index (χ2n) is 3.85. The number of hydrogen-bond donors (Lipinski definition) is 0. The molecule has 0 amide bonds. The number of imidazole rings is 1. The molecule has 0 fully saturated rings. The molecule has 2 heterocycles. The molecule has 0 spiro atoms. The van der Waals surface area contributed by atoms with E-state index in [1.165, 1.54) is 18.5 Å². The van der Waals surface area contributed by atoms with Crippen LogP contribution in [0.4, 0.5) is 5.82 Å². The van der Waals surface area contributed by atoms with Crippen LogP contribution >= 0.6 is 27.3 Å². The van der Waals surface area contributed by atoms with Crippen LogP contribution in [0.25, 0.3) is 4.96 Å². The Bertz CT molecular complexity index is 463. The summed E-state index contributed by atoms with van der Waals surface area (Å²) in [5.74, 6) is 1.11. The number of alkyl halides is 1. The second-order valence-corrected chi connectivity index (χ2v) is 5.28. The molecule has 0 aliphatic heterocycles. The van der Waals surface area contributed by atoms with Crippen molar-refractivity contribution >= 4 is 38.0 Å². The van der Waals surface area contributed by atoms with Crippen molar-refractivity contribution in [1.29, 1.82) is 0 Å². The summed E-state index contributed by atoms with van der Waals surface area (Å²) in [5, 5.41) is 2.92. The number of fused-ring (bicyclic) bond motifs is 1. The van der Waals surface area contributed by atoms with Gasteiger partial charge in [-0.1, -0.05) is 29.3 Å². The quantitative estimate of drug-likeness (QED) is 0.788. The van der Waals surface area contributed by atoms with Gasteiger partial charge in [-0.2, -0.15) is 0 Å². The Hall–Kier alpha value is -0.550. The van der Waals surface area contributed by atoms with Crippen LogP contribution in [0.1, 0.15) is 25.5 Å². The van der Waals surface area contributed by atoms with Gasteiger partial charge < -0.3 is 4.90 Å². The monoisotopic (exact) mass is 301 g/mol. The number of nitrogens with zero attached hydrogens (tertiary/aromatic N) is 3. The first-order valence-corrected chi connectivity index (χ1v) is 7.49. The molecule has 0 unspecified atom stereocenters. The third-order valence-electron chi connectivity index (χ3n) is 2.68. The maximum atomic E-state index is 4.67. The molecular weight excluding hydrogens is 286 g/mol. The van der Waals surface area contributed by atoms with E-state index in [2.05, 4.69) is 55.8 Å². The lowest BCUT2D eigenvalue weighted by Crippen LogP contribution is -2.20. The maximum absolute atomic E-state index is 4.67. The average Bonchev–Trinajstić information content (AvgIpc) is 2.84. The normalized spacial score (nSPS) is 11.2. The van der Waals surface area contributed by atoms with Gasteiger partial charge in [0.25, 0.3) is 0 Å². The largest absolute Gasteiger partial charge is 0.358 e. The molecule has 0 aliphatic carbocycles. The fourth-order valence-electron chi connectivity index (χ4n) is 1.75. The lowest BCUT2D eigenvalue weighted by Gasteiger charge is -2.17. The van der Waals surface area contributed by atoms with Crippen LogP contribution in [0.5, 0.6) is 0 Å². The summed E-state index contributed by atoms with van der Waals surface area (Å²) in [6, 6.07) is 0. The molecule has 88 valence electrons. The fourth-order valence-corrected chi connectivity index (χ4v) is 3.00. The Morgan fingerprint density at radius 1 is 1.56 bits per heavy atom. The van der Waals surface area contributed by atoms with Gasteiger partial charge in [0, 0.05) is 30.5 Å². The SMILES string of the molecule is CCCCN(C)c1nc2sccn2c1CBr. The number of rotatable bonds is 5. The van der Waals surface area contributed by atoms with Gasteiger partial charge in [-0.15, -0.1) is 11.3 Å². The van der Waals surface area contributed by atoms with Crippen molar-refractivity contribution < 1.29 is 0 Å². The Morgan fingerprint density at radius 2 is 2.38 bits per heavy atom. The first kappa shape index (κ1) is 11.9. The molecule has 16 heavy (non-hydrogen) atoms. The zero-order valence-electron chi connectivity index (χ0n) is 9.61. The summed E-state index contributed by atoms with van der Waals surface area (Å²) >= 11 is 5.23. The summed E-state index contributed by atoms with van der Waals surface area (Å²) in [5.41, 5.74) is 1.25. The first-order chi connectivity index (χ1) is 7.77. The minimum atomic E-state index is 0.844. The molecule has 0 saturated heterocycles. The number of thiazole rings is 1. The van der Waals surface area contributed by atoms with E-state index in [0.717, 1.165) is 22.7 Å². The van der Waals surface area contributed by atoms with Gasteiger partial charge in [-0.3, -0.25) is 4.40 Å². The van der Waals surface area contributed by atoms with Crippen LogP contribution < -0.4 is 4.90 Å². The zero-order chi connectivity index (χ0) is 11.5. The molecule has 0 radical (unpaired) electrons. The number of hydrogen-bond acceptors (Lipinski definition) is 3. The smallest absolute Gasteiger partial charge is 0.195 e. The lowest BCUT2D eigenvalue weighted by atomic mass is 10.3. The van der Waals surface area contributed by atoms with Gasteiger partial charge in [0.2, 0.25) is 0 Å². The molecule has 0 saturated carbocycles. The summed E-state index contributed by atoms with van der Waals surface area (Å²) in [6.45, 7) is 3.28. The third kappa shape index (κ3) is 2.11. The highest BCUT2D eigenvalue weighted by molar-refractivity contribution is 9.08. The molecule has 0 aromatic carbocycles. The van der Waals surface area contributed by atoms with Gasteiger partial charge in [0.15, 0.2) is 10.8 Å². The van der Waals surface area contributed by atoms with Gasteiger partial charge in [0.05, 0.1) is 5.69 Å². The van der Waals surface area contributed by atoms with Gasteiger partial charge in [-0.25, -0.2) is 4.98 Å². The van der Waals surface area contributed by atoms with E-state index >= 15 is 0 Å². The lowest BCUT2D eigenvalue weighted by molar-refractivity contribution is 0.759. The minimum Gasteiger partial charge on any atom is -0.358 e. The molecular formula is C11H16BrN3S. The highest BCUT2D eigenvalue weighted by Gasteiger charge is 2.14. The molecule has 2 aromatic rings. The second kappa shape index (κ2) is 5.19. The summed E-state index contributed by atoms with van der Waals surface area (Å²) < 4.78 is 2.16. The Labute approximate surface area is 108 Å². The molecule has 5 heteroatoms. The van der Waals surface area contributed by atoms with Crippen LogP contribution in [-0.2, 0) is 5.33 Å². The standard InChI is InChI=1S/C11H16BrN3S/c1-3-4-5-14(2)10-9(8-12)15-6-7-16-11(15)13-10/h6-7H,3-5,8H2,1-2H3. The van der Waals surface area contributed by atoms with Gasteiger partial charge >= 0.3 is 0 Å². The van der Waals surface area contributed by atoms with Crippen molar-refractivity contribution in [3.05, 3.63) is 17.3 Å². The first-order valence-electron chi connectivity index (χ1n) is 5.49. The highest BCUT2D eigenvalue weighted by atomic mass is 79.9. The number of unbranched alkanes of at least 4 members (excludes halogenated alkanes) is 1. The van der Waals surface area contributed by atoms with Crippen molar-refractivity contribution in [2.75, 3.05) is 18.5 Å². The van der Waals surface area contributed by atoms with E-state index in [0.29, 0.717) is 0 Å². The fraction of sp³-hybridized carbons (Fsp3) is 0.545. The zero-order valence-corrected chi connectivity index (χ0v) is 12.0. The van der Waals surface area contributed by atoms with Crippen LogP contribution in [0, 0.1) is 0 Å². The van der Waals surface area contributed by atoms with Gasteiger partial charge in [0.1, 0.15) is 0 Å². The van der Waals surface area contributed by atoms with Crippen LogP contribution in [0.2, 0.25) is 0 Å². The maximum Gasteiger partial charge on any atom is 0.195 e. The van der Waals surface area contributed by atoms with E-state index in [9.17, 15) is 0 Å². The van der Waals surface area contributed by atoms with E-state index in [1.807, 2.05) is 0 Å². The van der Waals surface area contributed by atoms with Crippen LogP contribution in [-0.4, -0.2) is 23.0 Å². The number of aromatic nitrogens is 2. The molecule has 0 atom stereocenters. The predicted octanol–water partition coefficient (Wildman–Crippen LogP) is 3.53. The van der Waals surface area contributed by atoms with Crippen molar-refractivity contribution in [3.8, 4) is 0 Å². The molecule has 0 N–H and O–H groups in total. The molecule has 2 aromatic heterocycles. The molecule has 2 rings (SSSR count). The Balaban J connectivity index is 2.31. The van der Waals surface area contributed by atoms with Crippen LogP contribution in [0.15, 0.2) is 11.6 Å². The van der Waals surface area contributed by atoms with Crippen molar-refractivity contribution in [3.63, 3.8) is 0 Å². The highest BCUT2D eigenvalue weighted by Crippen LogP contribution is 2.25. The van der Waals surface area contributed by atoms with E-state index < -0.39 is 0 Å². The summed E-state index contributed by atoms with van der Waals surface area (Å²) in [7, 11) is 2.12. The topological polar surface area (TPSA) is 20.5 Å². The van der Waals surface area contributed by atoms with E-state index in [4.69, 9.17) is 0 Å². The molecule has 0 bridgehead atoms. The van der Waals surface area contributed by atoms with Crippen molar-refractivity contribution in [2.24, 2.45) is 0 Å². The average molecular weight is 302 g/mol. The number of halogens is 1. The van der Waals surface area contributed by atoms with E-state index in [1.54, 1.807) is 11.3 Å². The van der Waals surface area contributed by atoms with Crippen molar-refractivity contribution in [2.45, 2.75) is 25.1 Å². The summed E-state index contributed by atoms with van der Waals surface area (Å²) in [6.07, 6.45) is 4.51. The minimum absolute atomic E-state index is 0.844. The Morgan fingerprint density at radius 3 is 3.06 bits per heavy atom. The van der Waals surface area contributed by atoms with E-state index in [-0.39, 0.29) is 0 Å². The Kier molecular flexibility index (Phi) is 3.86. The molecule has 0 aliphatic rings. The summed E-state index contributed by atoms with van der Waals surface area (Å²) in [4.78, 5) is 8.00. The number of anilines is 1. The predicted molar refractivity (Wildman–Crippen MR) is 73.9 cm³/mol. The van der Waals surface area contributed by atoms with Gasteiger partial charge in [-0.05, 0) is 6.42 Å². The van der Waals surface area contributed by atoms with Crippen LogP contribution in [0.3, 0.4) is 0 Å². The van der Waals surface area contributed by atoms with Crippen molar-refractivity contribution in [1.82, 2.24) is 9.38 Å². The third-order valence-corrected chi connectivity index (χ3v) is 3.96.